The fourth-order valence-corrected chi connectivity index (χ4v) is 2.93. The van der Waals surface area contributed by atoms with Crippen LogP contribution in [0.1, 0.15) is 0 Å². The first-order chi connectivity index (χ1) is 20.3. The Morgan fingerprint density at radius 2 is 0.667 bits per heavy atom. The van der Waals surface area contributed by atoms with Crippen LogP contribution in [-0.4, -0.2) is 27.2 Å². The Bertz CT molecular complexity index is 1160. The Kier molecular flexibility index (Phi) is 16.7. The van der Waals surface area contributed by atoms with E-state index in [-0.39, 0.29) is 21.1 Å². The van der Waals surface area contributed by atoms with Gasteiger partial charge >= 0.3 is 0 Å². The molecule has 3 heterocycles. The maximum Gasteiger partial charge on any atom is 0.112 e. The second-order valence-electron chi connectivity index (χ2n) is 7.56. The molecule has 6 rings (SSSR count). The zero-order chi connectivity index (χ0) is 28.8. The fourth-order valence-electron chi connectivity index (χ4n) is 2.93. The number of rotatable bonds is 6. The molecule has 0 aliphatic carbocycles. The van der Waals surface area contributed by atoms with Crippen molar-refractivity contribution < 1.29 is 40.4 Å². The first kappa shape index (κ1) is 33.4. The molecule has 6 aromatic rings. The number of hydrogen-bond donors (Lipinski definition) is 1. The van der Waals surface area contributed by atoms with Gasteiger partial charge in [-0.05, 0) is 36.4 Å². The number of ether oxygens (including phenoxy) is 3. The number of aliphatic hydroxyl groups excluding tert-OH is 1. The molecule has 0 saturated carbocycles. The quantitative estimate of drug-likeness (QED) is 0.176. The average molecular weight is 738 g/mol. The van der Waals surface area contributed by atoms with Gasteiger partial charge in [0.1, 0.15) is 34.9 Å². The van der Waals surface area contributed by atoms with Crippen LogP contribution in [0.5, 0.6) is 34.9 Å². The van der Waals surface area contributed by atoms with Crippen molar-refractivity contribution in [1.82, 2.24) is 15.0 Å². The first-order valence-electron chi connectivity index (χ1n) is 12.5. The van der Waals surface area contributed by atoms with Gasteiger partial charge in [-0.2, -0.15) is 36.4 Å². The minimum atomic E-state index is 0. The molecule has 0 radical (unpaired) electrons. The van der Waals surface area contributed by atoms with E-state index in [0.29, 0.717) is 17.6 Å². The van der Waals surface area contributed by atoms with Gasteiger partial charge in [-0.15, -0.1) is 18.2 Å². The first-order valence-corrected chi connectivity index (χ1v) is 12.5. The van der Waals surface area contributed by atoms with Crippen molar-refractivity contribution in [2.24, 2.45) is 0 Å². The Hall–Kier alpha value is -4.84. The summed E-state index contributed by atoms with van der Waals surface area (Å²) in [5.74, 6) is 4.05. The smallest absolute Gasteiger partial charge is 0.112 e. The summed E-state index contributed by atoms with van der Waals surface area (Å²) in [6, 6.07) is 44.7. The summed E-state index contributed by atoms with van der Waals surface area (Å²) in [4.78, 5) is 11.8. The van der Waals surface area contributed by atoms with Crippen molar-refractivity contribution in [2.75, 3.05) is 7.11 Å². The van der Waals surface area contributed by atoms with E-state index in [0.717, 1.165) is 24.4 Å². The third kappa shape index (κ3) is 13.5. The van der Waals surface area contributed by atoms with Gasteiger partial charge in [0.2, 0.25) is 0 Å². The zero-order valence-electron chi connectivity index (χ0n) is 22.7. The van der Waals surface area contributed by atoms with Crippen LogP contribution >= 0.6 is 0 Å². The van der Waals surface area contributed by atoms with Gasteiger partial charge in [0.25, 0.3) is 0 Å². The van der Waals surface area contributed by atoms with E-state index >= 15 is 0 Å². The van der Waals surface area contributed by atoms with E-state index in [4.69, 9.17) is 19.3 Å². The summed E-state index contributed by atoms with van der Waals surface area (Å²) in [6.07, 6.45) is 8.12. The summed E-state index contributed by atoms with van der Waals surface area (Å²) >= 11 is 0. The monoisotopic (exact) mass is 737 g/mol. The molecule has 3 aromatic heterocycles. The Balaban J connectivity index is 0.000000211. The molecule has 8 heteroatoms. The van der Waals surface area contributed by atoms with Crippen LogP contribution in [0.3, 0.4) is 0 Å². The number of hydrogen-bond acceptors (Lipinski definition) is 7. The second kappa shape index (κ2) is 21.0. The predicted molar refractivity (Wildman–Crippen MR) is 157 cm³/mol. The molecule has 0 unspecified atom stereocenters. The van der Waals surface area contributed by atoms with E-state index < -0.39 is 0 Å². The standard InChI is InChI=1S/3C11H8NO.CH4O.Pt/c3*1-2-6-10(7-3-1)13-11-8-4-5-9-12-11;1-2;/h3*1-8H;2H,1H3;/q3*-1;;. The number of para-hydroxylation sites is 3. The molecule has 0 atom stereocenters. The largest absolute Gasteiger partial charge is 0.499 e. The zero-order valence-corrected chi connectivity index (χ0v) is 25.0. The van der Waals surface area contributed by atoms with Crippen LogP contribution in [-0.2, 0) is 21.1 Å². The van der Waals surface area contributed by atoms with Crippen LogP contribution in [0.25, 0.3) is 0 Å². The number of pyridine rings is 3. The number of benzene rings is 3. The van der Waals surface area contributed by atoms with Gasteiger partial charge in [0.05, 0.1) is 0 Å². The van der Waals surface area contributed by atoms with Gasteiger partial charge in [-0.1, -0.05) is 73.2 Å². The molecule has 0 spiro atoms. The molecule has 42 heavy (non-hydrogen) atoms. The summed E-state index contributed by atoms with van der Waals surface area (Å²) in [5.41, 5.74) is 0. The Morgan fingerprint density at radius 3 is 0.881 bits per heavy atom. The van der Waals surface area contributed by atoms with Crippen molar-refractivity contribution >= 4 is 0 Å². The maximum absolute atomic E-state index is 7.00. The number of aliphatic hydroxyl groups is 1. The topological polar surface area (TPSA) is 86.6 Å². The molecular weight excluding hydrogens is 709 g/mol. The van der Waals surface area contributed by atoms with Crippen molar-refractivity contribution in [3.8, 4) is 34.9 Å². The molecule has 1 N–H and O–H groups in total. The Labute approximate surface area is 260 Å². The molecule has 0 aliphatic heterocycles. The maximum atomic E-state index is 7.00. The molecule has 7 nitrogen and oxygen atoms in total. The minimum Gasteiger partial charge on any atom is -0.499 e. The molecular formula is C34H28N3O4Pt-3. The van der Waals surface area contributed by atoms with E-state index in [9.17, 15) is 0 Å². The van der Waals surface area contributed by atoms with E-state index in [2.05, 4.69) is 33.5 Å². The third-order valence-electron chi connectivity index (χ3n) is 4.65. The molecule has 0 amide bonds. The van der Waals surface area contributed by atoms with E-state index in [1.165, 1.54) is 0 Å². The van der Waals surface area contributed by atoms with E-state index in [1.807, 2.05) is 109 Å². The van der Waals surface area contributed by atoms with Crippen LogP contribution in [0, 0.1) is 18.6 Å². The van der Waals surface area contributed by atoms with Gasteiger partial charge in [0, 0.05) is 28.2 Å². The fraction of sp³-hybridized carbons (Fsp3) is 0.0294. The molecule has 0 bridgehead atoms. The third-order valence-corrected chi connectivity index (χ3v) is 4.65. The van der Waals surface area contributed by atoms with Gasteiger partial charge in [0.15, 0.2) is 0 Å². The number of nitrogens with zero attached hydrogens (tertiary/aromatic N) is 3. The van der Waals surface area contributed by atoms with Crippen LogP contribution < -0.4 is 14.2 Å². The number of aromatic nitrogens is 3. The minimum absolute atomic E-state index is 0. The van der Waals surface area contributed by atoms with Crippen LogP contribution in [0.15, 0.2) is 146 Å². The molecule has 0 fully saturated rings. The van der Waals surface area contributed by atoms with Gasteiger partial charge in [-0.3, -0.25) is 0 Å². The molecule has 0 saturated heterocycles. The van der Waals surface area contributed by atoms with Gasteiger partial charge < -0.3 is 34.3 Å². The normalized spacial score (nSPS) is 9.00. The summed E-state index contributed by atoms with van der Waals surface area (Å²) in [7, 11) is 1.00. The van der Waals surface area contributed by atoms with E-state index in [1.54, 1.807) is 36.4 Å². The van der Waals surface area contributed by atoms with Crippen molar-refractivity contribution in [3.05, 3.63) is 164 Å². The SMILES string of the molecule is CO.[Pt].[c-]1cccc(Oc2ccccc2)n1.[c-]1cccc(Oc2ccccc2)n1.[c-]1cccc(Oc2ccccc2)n1. The summed E-state index contributed by atoms with van der Waals surface area (Å²) in [6.45, 7) is 0. The van der Waals surface area contributed by atoms with Crippen molar-refractivity contribution in [2.45, 2.75) is 0 Å². The van der Waals surface area contributed by atoms with Gasteiger partial charge in [-0.25, -0.2) is 0 Å². The van der Waals surface area contributed by atoms with Crippen LogP contribution in [0.4, 0.5) is 0 Å². The summed E-state index contributed by atoms with van der Waals surface area (Å²) in [5, 5.41) is 7.00. The molecule has 0 aliphatic rings. The molecule has 3 aromatic carbocycles. The summed E-state index contributed by atoms with van der Waals surface area (Å²) < 4.78 is 16.3. The van der Waals surface area contributed by atoms with Crippen molar-refractivity contribution in [1.29, 1.82) is 0 Å². The second-order valence-corrected chi connectivity index (χ2v) is 7.56. The molecule has 216 valence electrons. The van der Waals surface area contributed by atoms with Crippen LogP contribution in [0.2, 0.25) is 0 Å². The average Bonchev–Trinajstić information content (AvgIpc) is 3.06. The Morgan fingerprint density at radius 1 is 0.405 bits per heavy atom. The van der Waals surface area contributed by atoms with Crippen molar-refractivity contribution in [3.63, 3.8) is 0 Å². The predicted octanol–water partition coefficient (Wildman–Crippen LogP) is 7.63.